The zero-order valence-corrected chi connectivity index (χ0v) is 16.4. The molecular formula is C19H26N2O4S. The maximum absolute atomic E-state index is 13.1. The fraction of sp³-hybridized carbons (Fsp3) is 0.579. The molecule has 1 saturated heterocycles. The Kier molecular flexibility index (Phi) is 6.79. The van der Waals surface area contributed by atoms with E-state index in [4.69, 9.17) is 10.00 Å². The fourth-order valence-corrected chi connectivity index (χ4v) is 4.77. The second-order valence-corrected chi connectivity index (χ2v) is 8.81. The largest absolute Gasteiger partial charge is 0.462 e. The molecule has 1 fully saturated rings. The monoisotopic (exact) mass is 378 g/mol. The second-order valence-electron chi connectivity index (χ2n) is 6.90. The van der Waals surface area contributed by atoms with Crippen molar-refractivity contribution >= 4 is 16.0 Å². The molecular weight excluding hydrogens is 352 g/mol. The first-order chi connectivity index (χ1) is 12.3. The first-order valence-corrected chi connectivity index (χ1v) is 10.4. The molecule has 7 heteroatoms. The molecule has 0 amide bonds. The van der Waals surface area contributed by atoms with Crippen molar-refractivity contribution in [1.29, 1.82) is 5.26 Å². The lowest BCUT2D eigenvalue weighted by molar-refractivity contribution is 0.0501. The van der Waals surface area contributed by atoms with E-state index in [-0.39, 0.29) is 17.1 Å². The van der Waals surface area contributed by atoms with Crippen LogP contribution >= 0.6 is 0 Å². The highest BCUT2D eigenvalue weighted by Gasteiger charge is 2.30. The molecule has 1 heterocycles. The van der Waals surface area contributed by atoms with E-state index in [9.17, 15) is 13.2 Å². The third-order valence-electron chi connectivity index (χ3n) is 4.88. The third-order valence-corrected chi connectivity index (χ3v) is 6.91. The van der Waals surface area contributed by atoms with Gasteiger partial charge in [-0.25, -0.2) is 13.2 Å². The molecule has 0 aromatic heterocycles. The Morgan fingerprint density at radius 3 is 2.58 bits per heavy atom. The summed E-state index contributed by atoms with van der Waals surface area (Å²) in [7, 11) is -3.64. The number of ether oxygens (including phenoxy) is 1. The van der Waals surface area contributed by atoms with Crippen LogP contribution in [-0.4, -0.2) is 38.4 Å². The van der Waals surface area contributed by atoms with E-state index >= 15 is 0 Å². The summed E-state index contributed by atoms with van der Waals surface area (Å²) >= 11 is 0. The van der Waals surface area contributed by atoms with Gasteiger partial charge in [-0.3, -0.25) is 0 Å². The van der Waals surface area contributed by atoms with Crippen LogP contribution < -0.4 is 0 Å². The van der Waals surface area contributed by atoms with Crippen LogP contribution in [0.3, 0.4) is 0 Å². The second kappa shape index (κ2) is 8.65. The van der Waals surface area contributed by atoms with Gasteiger partial charge in [0.15, 0.2) is 0 Å². The normalized spacial score (nSPS) is 16.2. The first kappa shape index (κ1) is 20.4. The molecule has 1 aliphatic rings. The number of sulfonamides is 1. The van der Waals surface area contributed by atoms with E-state index < -0.39 is 16.0 Å². The average Bonchev–Trinajstić information content (AvgIpc) is 2.61. The Hall–Kier alpha value is -1.91. The molecule has 1 aromatic carbocycles. The molecule has 0 spiro atoms. The maximum Gasteiger partial charge on any atom is 0.338 e. The first-order valence-electron chi connectivity index (χ1n) is 8.93. The van der Waals surface area contributed by atoms with Crippen molar-refractivity contribution in [1.82, 2.24) is 4.31 Å². The van der Waals surface area contributed by atoms with Crippen LogP contribution in [0.25, 0.3) is 0 Å². The van der Waals surface area contributed by atoms with E-state index in [1.807, 2.05) is 6.07 Å². The van der Waals surface area contributed by atoms with E-state index in [2.05, 4.69) is 6.92 Å². The van der Waals surface area contributed by atoms with Crippen molar-refractivity contribution in [3.63, 3.8) is 0 Å². The molecule has 0 N–H and O–H groups in total. The number of nitriles is 1. The highest BCUT2D eigenvalue weighted by molar-refractivity contribution is 7.89. The Balaban J connectivity index is 2.27. The van der Waals surface area contributed by atoms with Crippen LogP contribution in [-0.2, 0) is 14.8 Å². The summed E-state index contributed by atoms with van der Waals surface area (Å²) < 4.78 is 32.8. The van der Waals surface area contributed by atoms with Gasteiger partial charge < -0.3 is 4.74 Å². The number of hydrogen-bond donors (Lipinski definition) is 0. The topological polar surface area (TPSA) is 87.5 Å². The number of nitrogens with zero attached hydrogens (tertiary/aromatic N) is 2. The average molecular weight is 378 g/mol. The third kappa shape index (κ3) is 4.63. The highest BCUT2D eigenvalue weighted by Crippen LogP contribution is 2.28. The Labute approximate surface area is 155 Å². The number of esters is 1. The lowest BCUT2D eigenvalue weighted by Crippen LogP contribution is -2.38. The van der Waals surface area contributed by atoms with E-state index in [1.54, 1.807) is 19.9 Å². The van der Waals surface area contributed by atoms with Crippen molar-refractivity contribution in [3.05, 3.63) is 28.8 Å². The van der Waals surface area contributed by atoms with Crippen LogP contribution in [0.4, 0.5) is 0 Å². The van der Waals surface area contributed by atoms with Crippen molar-refractivity contribution in [3.8, 4) is 6.07 Å². The molecule has 0 radical (unpaired) electrons. The van der Waals surface area contributed by atoms with Crippen LogP contribution in [0, 0.1) is 31.1 Å². The number of carbonyl (C=O) groups is 1. The van der Waals surface area contributed by atoms with Gasteiger partial charge in [0, 0.05) is 19.5 Å². The Morgan fingerprint density at radius 1 is 1.31 bits per heavy atom. The van der Waals surface area contributed by atoms with E-state index in [0.717, 1.165) is 18.4 Å². The van der Waals surface area contributed by atoms with Gasteiger partial charge in [-0.05, 0) is 62.3 Å². The standard InChI is InChI=1S/C19H26N2O4S/c1-14-6-9-21(10-7-14)26(23,24)18-13-17(12-15(2)16(18)3)19(22)25-11-5-4-8-20/h12-14H,4-7,9-11H2,1-3H3. The van der Waals surface area contributed by atoms with Gasteiger partial charge in [-0.2, -0.15) is 9.57 Å². The lowest BCUT2D eigenvalue weighted by atomic mass is 10.0. The number of hydrogen-bond acceptors (Lipinski definition) is 5. The summed E-state index contributed by atoms with van der Waals surface area (Å²) in [4.78, 5) is 12.4. The fourth-order valence-electron chi connectivity index (χ4n) is 2.98. The number of unbranched alkanes of at least 4 members (excludes halogenated alkanes) is 1. The lowest BCUT2D eigenvalue weighted by Gasteiger charge is -2.30. The van der Waals surface area contributed by atoms with Gasteiger partial charge in [-0.1, -0.05) is 6.92 Å². The summed E-state index contributed by atoms with van der Waals surface area (Å²) in [6.45, 7) is 6.83. The van der Waals surface area contributed by atoms with Gasteiger partial charge in [0.1, 0.15) is 0 Å². The van der Waals surface area contributed by atoms with E-state index in [0.29, 0.717) is 37.4 Å². The summed E-state index contributed by atoms with van der Waals surface area (Å²) in [6.07, 6.45) is 2.47. The van der Waals surface area contributed by atoms with Gasteiger partial charge in [-0.15, -0.1) is 0 Å². The molecule has 0 saturated carbocycles. The molecule has 1 aliphatic heterocycles. The zero-order chi connectivity index (χ0) is 19.3. The number of carbonyl (C=O) groups excluding carboxylic acids is 1. The maximum atomic E-state index is 13.1. The van der Waals surface area contributed by atoms with Crippen molar-refractivity contribution in [2.75, 3.05) is 19.7 Å². The minimum absolute atomic E-state index is 0.144. The van der Waals surface area contributed by atoms with E-state index in [1.165, 1.54) is 10.4 Å². The van der Waals surface area contributed by atoms with Gasteiger partial charge in [0.05, 0.1) is 23.1 Å². The predicted octanol–water partition coefficient (Wildman–Crippen LogP) is 3.18. The molecule has 26 heavy (non-hydrogen) atoms. The molecule has 1 aromatic rings. The Morgan fingerprint density at radius 2 is 1.96 bits per heavy atom. The number of rotatable bonds is 6. The summed E-state index contributed by atoms with van der Waals surface area (Å²) in [6, 6.07) is 5.06. The molecule has 0 atom stereocenters. The minimum atomic E-state index is -3.64. The van der Waals surface area contributed by atoms with Crippen molar-refractivity contribution in [2.24, 2.45) is 5.92 Å². The molecule has 142 valence electrons. The highest BCUT2D eigenvalue weighted by atomic mass is 32.2. The smallest absolute Gasteiger partial charge is 0.338 e. The minimum Gasteiger partial charge on any atom is -0.462 e. The molecule has 0 unspecified atom stereocenters. The number of aryl methyl sites for hydroxylation is 1. The Bertz CT molecular complexity index is 804. The summed E-state index contributed by atoms with van der Waals surface area (Å²) in [5.74, 6) is -0.0336. The van der Waals surface area contributed by atoms with Crippen LogP contribution in [0.15, 0.2) is 17.0 Å². The SMILES string of the molecule is Cc1cc(C(=O)OCCCC#N)cc(S(=O)(=O)N2CCC(C)CC2)c1C. The molecule has 0 aliphatic carbocycles. The summed E-state index contributed by atoms with van der Waals surface area (Å²) in [5.41, 5.74) is 1.62. The summed E-state index contributed by atoms with van der Waals surface area (Å²) in [5, 5.41) is 8.52. The molecule has 6 nitrogen and oxygen atoms in total. The predicted molar refractivity (Wildman–Crippen MR) is 98.2 cm³/mol. The quantitative estimate of drug-likeness (QED) is 0.560. The van der Waals surface area contributed by atoms with Crippen LogP contribution in [0.5, 0.6) is 0 Å². The van der Waals surface area contributed by atoms with Crippen LogP contribution in [0.2, 0.25) is 0 Å². The van der Waals surface area contributed by atoms with Crippen molar-refractivity contribution in [2.45, 2.75) is 51.3 Å². The van der Waals surface area contributed by atoms with Crippen molar-refractivity contribution < 1.29 is 17.9 Å². The molecule has 2 rings (SSSR count). The van der Waals surface area contributed by atoms with Gasteiger partial charge in [0.25, 0.3) is 0 Å². The number of benzene rings is 1. The van der Waals surface area contributed by atoms with Gasteiger partial charge >= 0.3 is 5.97 Å². The van der Waals surface area contributed by atoms with Crippen LogP contribution in [0.1, 0.15) is 54.1 Å². The number of piperidine rings is 1. The zero-order valence-electron chi connectivity index (χ0n) is 15.6. The van der Waals surface area contributed by atoms with Gasteiger partial charge in [0.2, 0.25) is 10.0 Å². The molecule has 0 bridgehead atoms.